The van der Waals surface area contributed by atoms with E-state index in [9.17, 15) is 18.7 Å². The van der Waals surface area contributed by atoms with Crippen LogP contribution in [0.1, 0.15) is 16.8 Å². The Morgan fingerprint density at radius 1 is 1.50 bits per heavy atom. The number of rotatable bonds is 5. The van der Waals surface area contributed by atoms with Crippen molar-refractivity contribution in [1.82, 2.24) is 0 Å². The van der Waals surface area contributed by atoms with Crippen LogP contribution in [0.25, 0.3) is 0 Å². The molecule has 0 saturated carbocycles. The molecule has 0 bridgehead atoms. The largest absolute Gasteiger partial charge is 0.504 e. The topological polar surface area (TPSA) is 46.5 Å². The highest BCUT2D eigenvalue weighted by Gasteiger charge is 2.18. The standard InChI is InChI=1S/C10H9BrF2O3/c11-5-4-7(14)6-2-1-3-8(15)9(6)16-10(12)13/h1-3,10,15H,4-5H2. The summed E-state index contributed by atoms with van der Waals surface area (Å²) in [6.07, 6.45) is 0.142. The van der Waals surface area contributed by atoms with E-state index in [2.05, 4.69) is 20.7 Å². The molecule has 0 aliphatic rings. The molecule has 0 saturated heterocycles. The second-order valence-electron chi connectivity index (χ2n) is 2.89. The van der Waals surface area contributed by atoms with Crippen LogP contribution in [-0.2, 0) is 0 Å². The van der Waals surface area contributed by atoms with Gasteiger partial charge in [0.1, 0.15) is 0 Å². The summed E-state index contributed by atoms with van der Waals surface area (Å²) < 4.78 is 28.3. The highest BCUT2D eigenvalue weighted by Crippen LogP contribution is 2.32. The van der Waals surface area contributed by atoms with Crippen molar-refractivity contribution in [2.45, 2.75) is 13.0 Å². The van der Waals surface area contributed by atoms with Gasteiger partial charge < -0.3 is 9.84 Å². The number of ether oxygens (including phenoxy) is 1. The summed E-state index contributed by atoms with van der Waals surface area (Å²) in [6, 6.07) is 3.92. The molecule has 1 aromatic rings. The number of phenolic OH excluding ortho intramolecular Hbond substituents is 1. The van der Waals surface area contributed by atoms with E-state index in [-0.39, 0.29) is 17.8 Å². The fraction of sp³-hybridized carbons (Fsp3) is 0.300. The number of alkyl halides is 3. The molecule has 0 atom stereocenters. The van der Waals surface area contributed by atoms with Crippen LogP contribution in [0.5, 0.6) is 11.5 Å². The molecule has 1 aromatic carbocycles. The number of aromatic hydroxyl groups is 1. The number of carbonyl (C=O) groups excluding carboxylic acids is 1. The Labute approximate surface area is 99.2 Å². The van der Waals surface area contributed by atoms with Crippen LogP contribution in [0, 0.1) is 0 Å². The Hall–Kier alpha value is -1.17. The van der Waals surface area contributed by atoms with Crippen molar-refractivity contribution in [3.63, 3.8) is 0 Å². The van der Waals surface area contributed by atoms with E-state index in [1.54, 1.807) is 0 Å². The van der Waals surface area contributed by atoms with Gasteiger partial charge in [-0.15, -0.1) is 0 Å². The molecule has 0 radical (unpaired) electrons. The van der Waals surface area contributed by atoms with Crippen LogP contribution in [0.4, 0.5) is 8.78 Å². The molecule has 0 aliphatic heterocycles. The highest BCUT2D eigenvalue weighted by molar-refractivity contribution is 9.09. The van der Waals surface area contributed by atoms with Gasteiger partial charge in [-0.05, 0) is 12.1 Å². The van der Waals surface area contributed by atoms with Gasteiger partial charge in [-0.3, -0.25) is 4.79 Å². The van der Waals surface area contributed by atoms with Gasteiger partial charge in [0, 0.05) is 11.8 Å². The summed E-state index contributed by atoms with van der Waals surface area (Å²) >= 11 is 3.07. The van der Waals surface area contributed by atoms with Crippen molar-refractivity contribution in [2.24, 2.45) is 0 Å². The fourth-order valence-electron chi connectivity index (χ4n) is 1.18. The van der Waals surface area contributed by atoms with Gasteiger partial charge in [-0.25, -0.2) is 0 Å². The van der Waals surface area contributed by atoms with Gasteiger partial charge in [-0.1, -0.05) is 22.0 Å². The quantitative estimate of drug-likeness (QED) is 0.671. The Kier molecular flexibility index (Phi) is 4.67. The predicted molar refractivity (Wildman–Crippen MR) is 57.5 cm³/mol. The predicted octanol–water partition coefficient (Wildman–Crippen LogP) is 2.96. The Morgan fingerprint density at radius 3 is 2.75 bits per heavy atom. The first-order chi connectivity index (χ1) is 7.56. The van der Waals surface area contributed by atoms with Crippen molar-refractivity contribution in [3.05, 3.63) is 23.8 Å². The van der Waals surface area contributed by atoms with Crippen LogP contribution in [-0.4, -0.2) is 22.8 Å². The van der Waals surface area contributed by atoms with Gasteiger partial charge in [0.15, 0.2) is 17.3 Å². The van der Waals surface area contributed by atoms with Gasteiger partial charge in [-0.2, -0.15) is 8.78 Å². The van der Waals surface area contributed by atoms with Gasteiger partial charge in [0.2, 0.25) is 0 Å². The highest BCUT2D eigenvalue weighted by atomic mass is 79.9. The molecular formula is C10H9BrF2O3. The number of carbonyl (C=O) groups is 1. The summed E-state index contributed by atoms with van der Waals surface area (Å²) in [4.78, 5) is 11.5. The monoisotopic (exact) mass is 294 g/mol. The molecule has 0 amide bonds. The van der Waals surface area contributed by atoms with Crippen molar-refractivity contribution in [2.75, 3.05) is 5.33 Å². The van der Waals surface area contributed by atoms with Crippen LogP contribution in [0.15, 0.2) is 18.2 Å². The van der Waals surface area contributed by atoms with Gasteiger partial charge in [0.25, 0.3) is 0 Å². The third-order valence-corrected chi connectivity index (χ3v) is 2.22. The van der Waals surface area contributed by atoms with Crippen LogP contribution in [0.2, 0.25) is 0 Å². The normalized spacial score (nSPS) is 10.5. The third kappa shape index (κ3) is 3.16. The second-order valence-corrected chi connectivity index (χ2v) is 3.69. The van der Waals surface area contributed by atoms with Crippen LogP contribution >= 0.6 is 15.9 Å². The van der Waals surface area contributed by atoms with Crippen molar-refractivity contribution < 1.29 is 23.4 Å². The Morgan fingerprint density at radius 2 is 2.19 bits per heavy atom. The van der Waals surface area contributed by atoms with Gasteiger partial charge >= 0.3 is 6.61 Å². The molecule has 0 aromatic heterocycles. The van der Waals surface area contributed by atoms with E-state index in [1.807, 2.05) is 0 Å². The lowest BCUT2D eigenvalue weighted by Crippen LogP contribution is -2.08. The third-order valence-electron chi connectivity index (χ3n) is 1.82. The maximum atomic E-state index is 12.1. The molecule has 1 rings (SSSR count). The van der Waals surface area contributed by atoms with E-state index in [0.29, 0.717) is 5.33 Å². The van der Waals surface area contributed by atoms with E-state index in [0.717, 1.165) is 0 Å². The Balaban J connectivity index is 3.07. The number of hydrogen-bond acceptors (Lipinski definition) is 3. The maximum absolute atomic E-state index is 12.1. The zero-order valence-electron chi connectivity index (χ0n) is 8.12. The average molecular weight is 295 g/mol. The lowest BCUT2D eigenvalue weighted by molar-refractivity contribution is -0.0515. The smallest absolute Gasteiger partial charge is 0.387 e. The number of halogens is 3. The Bertz CT molecular complexity index is 382. The van der Waals surface area contributed by atoms with E-state index in [1.165, 1.54) is 18.2 Å². The lowest BCUT2D eigenvalue weighted by atomic mass is 10.1. The molecule has 0 aliphatic carbocycles. The molecule has 0 heterocycles. The molecule has 88 valence electrons. The minimum absolute atomic E-state index is 0.0419. The molecule has 16 heavy (non-hydrogen) atoms. The van der Waals surface area contributed by atoms with E-state index in [4.69, 9.17) is 0 Å². The fourth-order valence-corrected chi connectivity index (χ4v) is 1.54. The number of Topliss-reactive ketones (excluding diaryl/α,β-unsaturated/α-hetero) is 1. The number of para-hydroxylation sites is 1. The molecule has 0 spiro atoms. The summed E-state index contributed by atoms with van der Waals surface area (Å²) in [5, 5.41) is 9.75. The first-order valence-corrected chi connectivity index (χ1v) is 5.54. The molecule has 1 N–H and O–H groups in total. The number of ketones is 1. The van der Waals surface area contributed by atoms with Crippen LogP contribution in [0.3, 0.4) is 0 Å². The number of phenols is 1. The molecule has 3 nitrogen and oxygen atoms in total. The minimum atomic E-state index is -3.08. The maximum Gasteiger partial charge on any atom is 0.387 e. The van der Waals surface area contributed by atoms with Gasteiger partial charge in [0.05, 0.1) is 5.56 Å². The average Bonchev–Trinajstić information content (AvgIpc) is 2.20. The first kappa shape index (κ1) is 12.9. The van der Waals surface area contributed by atoms with E-state index < -0.39 is 18.1 Å². The molecular weight excluding hydrogens is 286 g/mol. The van der Waals surface area contributed by atoms with Crippen LogP contribution < -0.4 is 4.74 Å². The zero-order chi connectivity index (χ0) is 12.1. The summed E-state index contributed by atoms with van der Waals surface area (Å²) in [5.74, 6) is -1.31. The molecule has 6 heteroatoms. The number of hydrogen-bond donors (Lipinski definition) is 1. The lowest BCUT2D eigenvalue weighted by Gasteiger charge is -2.10. The SMILES string of the molecule is O=C(CCBr)c1cccc(O)c1OC(F)F. The van der Waals surface area contributed by atoms with Crippen molar-refractivity contribution in [3.8, 4) is 11.5 Å². The summed E-state index contributed by atoms with van der Waals surface area (Å²) in [7, 11) is 0. The molecule has 0 fully saturated rings. The first-order valence-electron chi connectivity index (χ1n) is 4.42. The zero-order valence-corrected chi connectivity index (χ0v) is 9.71. The van der Waals surface area contributed by atoms with E-state index >= 15 is 0 Å². The molecule has 0 unspecified atom stereocenters. The number of benzene rings is 1. The minimum Gasteiger partial charge on any atom is -0.504 e. The second kappa shape index (κ2) is 5.79. The summed E-state index contributed by atoms with van der Waals surface area (Å²) in [5.41, 5.74) is -0.0419. The van der Waals surface area contributed by atoms with Crippen molar-refractivity contribution >= 4 is 21.7 Å². The van der Waals surface area contributed by atoms with Crippen molar-refractivity contribution in [1.29, 1.82) is 0 Å². The summed E-state index contributed by atoms with van der Waals surface area (Å²) in [6.45, 7) is -3.08.